The lowest BCUT2D eigenvalue weighted by Gasteiger charge is -2.29. The van der Waals surface area contributed by atoms with Crippen molar-refractivity contribution in [3.63, 3.8) is 0 Å². The number of hydrogen-bond donors (Lipinski definition) is 2. The van der Waals surface area contributed by atoms with Crippen LogP contribution in [0.3, 0.4) is 0 Å². The molecular formula is C15H23N3O. The van der Waals surface area contributed by atoms with E-state index >= 15 is 0 Å². The van der Waals surface area contributed by atoms with Crippen LogP contribution < -0.4 is 5.32 Å². The first-order valence-corrected chi connectivity index (χ1v) is 6.87. The van der Waals surface area contributed by atoms with Gasteiger partial charge in [0.1, 0.15) is 5.65 Å². The molecule has 2 rings (SSSR count). The highest BCUT2D eigenvalue weighted by Gasteiger charge is 2.20. The van der Waals surface area contributed by atoms with Crippen molar-refractivity contribution in [3.05, 3.63) is 35.8 Å². The molecule has 1 unspecified atom stereocenters. The average molecular weight is 261 g/mol. The molecule has 0 saturated carbocycles. The van der Waals surface area contributed by atoms with Crippen molar-refractivity contribution in [2.45, 2.75) is 45.7 Å². The fourth-order valence-corrected chi connectivity index (χ4v) is 2.27. The number of nitrogens with zero attached hydrogens (tertiary/aromatic N) is 2. The summed E-state index contributed by atoms with van der Waals surface area (Å²) in [5, 5.41) is 12.7. The van der Waals surface area contributed by atoms with E-state index in [4.69, 9.17) is 5.11 Å². The van der Waals surface area contributed by atoms with Crippen LogP contribution >= 0.6 is 0 Å². The second kappa shape index (κ2) is 5.72. The Morgan fingerprint density at radius 1 is 1.47 bits per heavy atom. The summed E-state index contributed by atoms with van der Waals surface area (Å²) in [4.78, 5) is 4.46. The molecule has 0 aliphatic carbocycles. The number of aliphatic hydroxyl groups excluding tert-OH is 1. The molecule has 19 heavy (non-hydrogen) atoms. The van der Waals surface area contributed by atoms with Crippen LogP contribution in [0.2, 0.25) is 0 Å². The molecule has 0 aromatic carbocycles. The van der Waals surface area contributed by atoms with Gasteiger partial charge >= 0.3 is 0 Å². The number of nitrogens with one attached hydrogen (secondary N) is 1. The summed E-state index contributed by atoms with van der Waals surface area (Å²) >= 11 is 0. The zero-order valence-electron chi connectivity index (χ0n) is 12.0. The number of rotatable bonds is 6. The SMILES string of the molecule is CCC(C)(CCO)NCc1cnc2c(C)cccn12. The minimum atomic E-state index is -0.0251. The van der Waals surface area contributed by atoms with Crippen LogP contribution in [0.25, 0.3) is 5.65 Å². The first-order valence-electron chi connectivity index (χ1n) is 6.87. The molecule has 2 aromatic heterocycles. The van der Waals surface area contributed by atoms with Gasteiger partial charge in [-0.2, -0.15) is 0 Å². The van der Waals surface area contributed by atoms with Gasteiger partial charge in [0.2, 0.25) is 0 Å². The smallest absolute Gasteiger partial charge is 0.139 e. The molecule has 0 aliphatic heterocycles. The summed E-state index contributed by atoms with van der Waals surface area (Å²) < 4.78 is 2.12. The van der Waals surface area contributed by atoms with Crippen LogP contribution in [0.4, 0.5) is 0 Å². The largest absolute Gasteiger partial charge is 0.396 e. The number of imidazole rings is 1. The number of aromatic nitrogens is 2. The van der Waals surface area contributed by atoms with Crippen molar-refractivity contribution in [2.24, 2.45) is 0 Å². The van der Waals surface area contributed by atoms with E-state index in [2.05, 4.69) is 41.5 Å². The fourth-order valence-electron chi connectivity index (χ4n) is 2.27. The van der Waals surface area contributed by atoms with Gasteiger partial charge in [0, 0.05) is 24.9 Å². The highest BCUT2D eigenvalue weighted by atomic mass is 16.3. The quantitative estimate of drug-likeness (QED) is 0.838. The molecule has 0 spiro atoms. The normalized spacial score (nSPS) is 14.7. The van der Waals surface area contributed by atoms with Gasteiger partial charge in [-0.05, 0) is 38.3 Å². The van der Waals surface area contributed by atoms with Crippen LogP contribution in [0.1, 0.15) is 37.9 Å². The first-order chi connectivity index (χ1) is 9.09. The maximum absolute atomic E-state index is 9.14. The van der Waals surface area contributed by atoms with Gasteiger partial charge in [0.25, 0.3) is 0 Å². The Bertz CT molecular complexity index is 549. The number of pyridine rings is 1. The van der Waals surface area contributed by atoms with E-state index in [1.807, 2.05) is 18.5 Å². The third-order valence-corrected chi connectivity index (χ3v) is 3.95. The van der Waals surface area contributed by atoms with E-state index in [-0.39, 0.29) is 12.1 Å². The van der Waals surface area contributed by atoms with Crippen LogP contribution in [0.15, 0.2) is 24.5 Å². The highest BCUT2D eigenvalue weighted by molar-refractivity contribution is 5.48. The molecule has 0 fully saturated rings. The van der Waals surface area contributed by atoms with E-state index in [9.17, 15) is 0 Å². The minimum Gasteiger partial charge on any atom is -0.396 e. The van der Waals surface area contributed by atoms with E-state index in [0.29, 0.717) is 0 Å². The lowest BCUT2D eigenvalue weighted by molar-refractivity contribution is 0.214. The van der Waals surface area contributed by atoms with Crippen LogP contribution in [-0.2, 0) is 6.54 Å². The maximum Gasteiger partial charge on any atom is 0.139 e. The predicted molar refractivity (Wildman–Crippen MR) is 77.2 cm³/mol. The summed E-state index contributed by atoms with van der Waals surface area (Å²) in [5.74, 6) is 0. The Kier molecular flexibility index (Phi) is 4.22. The Balaban J connectivity index is 2.16. The highest BCUT2D eigenvalue weighted by Crippen LogP contribution is 2.16. The number of aryl methyl sites for hydroxylation is 1. The topological polar surface area (TPSA) is 49.6 Å². The van der Waals surface area contributed by atoms with Crippen LogP contribution in [-0.4, -0.2) is 26.6 Å². The summed E-state index contributed by atoms with van der Waals surface area (Å²) in [5.41, 5.74) is 3.32. The molecule has 0 amide bonds. The Hall–Kier alpha value is -1.39. The van der Waals surface area contributed by atoms with Crippen molar-refractivity contribution in [1.29, 1.82) is 0 Å². The molecule has 104 valence electrons. The molecule has 2 N–H and O–H groups in total. The predicted octanol–water partition coefficient (Wildman–Crippen LogP) is 2.28. The molecule has 1 atom stereocenters. The molecule has 2 heterocycles. The standard InChI is InChI=1S/C15H23N3O/c1-4-15(3,7-9-19)17-11-13-10-16-14-12(2)6-5-8-18(13)14/h5-6,8,10,17,19H,4,7,9,11H2,1-3H3. The minimum absolute atomic E-state index is 0.0251. The van der Waals surface area contributed by atoms with Crippen molar-refractivity contribution < 1.29 is 5.11 Å². The summed E-state index contributed by atoms with van der Waals surface area (Å²) in [6, 6.07) is 4.11. The second-order valence-corrected chi connectivity index (χ2v) is 5.38. The van der Waals surface area contributed by atoms with Gasteiger partial charge in [-0.1, -0.05) is 13.0 Å². The van der Waals surface area contributed by atoms with E-state index in [1.54, 1.807) is 0 Å². The van der Waals surface area contributed by atoms with E-state index in [0.717, 1.165) is 30.7 Å². The summed E-state index contributed by atoms with van der Waals surface area (Å²) in [6.45, 7) is 7.33. The zero-order chi connectivity index (χ0) is 13.9. The Labute approximate surface area is 114 Å². The number of aliphatic hydroxyl groups is 1. The number of fused-ring (bicyclic) bond motifs is 1. The molecule has 0 saturated heterocycles. The molecule has 4 heteroatoms. The zero-order valence-corrected chi connectivity index (χ0v) is 12.0. The molecule has 2 aromatic rings. The molecule has 0 aliphatic rings. The Morgan fingerprint density at radius 2 is 2.26 bits per heavy atom. The summed E-state index contributed by atoms with van der Waals surface area (Å²) in [6.07, 6.45) is 5.72. The monoisotopic (exact) mass is 261 g/mol. The summed E-state index contributed by atoms with van der Waals surface area (Å²) in [7, 11) is 0. The second-order valence-electron chi connectivity index (χ2n) is 5.38. The van der Waals surface area contributed by atoms with Gasteiger partial charge in [-0.3, -0.25) is 0 Å². The average Bonchev–Trinajstić information content (AvgIpc) is 2.82. The third kappa shape index (κ3) is 2.96. The molecule has 4 nitrogen and oxygen atoms in total. The fraction of sp³-hybridized carbons (Fsp3) is 0.533. The first kappa shape index (κ1) is 14.0. The van der Waals surface area contributed by atoms with E-state index < -0.39 is 0 Å². The Morgan fingerprint density at radius 3 is 2.95 bits per heavy atom. The van der Waals surface area contributed by atoms with Crippen LogP contribution in [0, 0.1) is 6.92 Å². The van der Waals surface area contributed by atoms with E-state index in [1.165, 1.54) is 5.56 Å². The van der Waals surface area contributed by atoms with Crippen molar-refractivity contribution in [3.8, 4) is 0 Å². The van der Waals surface area contributed by atoms with Gasteiger partial charge in [-0.25, -0.2) is 4.98 Å². The van der Waals surface area contributed by atoms with Gasteiger partial charge in [-0.15, -0.1) is 0 Å². The van der Waals surface area contributed by atoms with Crippen molar-refractivity contribution >= 4 is 5.65 Å². The lowest BCUT2D eigenvalue weighted by Crippen LogP contribution is -2.42. The molecular weight excluding hydrogens is 238 g/mol. The maximum atomic E-state index is 9.14. The van der Waals surface area contributed by atoms with Crippen LogP contribution in [0.5, 0.6) is 0 Å². The third-order valence-electron chi connectivity index (χ3n) is 3.95. The lowest BCUT2D eigenvalue weighted by atomic mass is 9.95. The number of hydrogen-bond acceptors (Lipinski definition) is 3. The van der Waals surface area contributed by atoms with Crippen molar-refractivity contribution in [1.82, 2.24) is 14.7 Å². The van der Waals surface area contributed by atoms with Gasteiger partial charge in [0.15, 0.2) is 0 Å². The van der Waals surface area contributed by atoms with Crippen molar-refractivity contribution in [2.75, 3.05) is 6.61 Å². The van der Waals surface area contributed by atoms with Gasteiger partial charge < -0.3 is 14.8 Å². The molecule has 0 radical (unpaired) electrons. The molecule has 0 bridgehead atoms. The van der Waals surface area contributed by atoms with Gasteiger partial charge in [0.05, 0.1) is 11.9 Å².